The van der Waals surface area contributed by atoms with Gasteiger partial charge in [0.15, 0.2) is 6.61 Å². The smallest absolute Gasteiger partial charge is 0.327 e. The number of rotatable bonds is 17. The minimum absolute atomic E-state index is 0.137. The number of nitrogens with zero attached hydrogens (tertiary/aromatic N) is 1. The van der Waals surface area contributed by atoms with Crippen LogP contribution in [0.4, 0.5) is 11.4 Å². The van der Waals surface area contributed by atoms with Crippen molar-refractivity contribution < 1.29 is 33.8 Å². The maximum atomic E-state index is 14.7. The number of hydrogen-bond donors (Lipinski definition) is 4. The second-order valence-electron chi connectivity index (χ2n) is 11.9. The molecule has 0 aromatic heterocycles. The van der Waals surface area contributed by atoms with Crippen molar-refractivity contribution in [1.29, 1.82) is 0 Å². The van der Waals surface area contributed by atoms with E-state index in [0.29, 0.717) is 45.3 Å². The first-order valence-corrected chi connectivity index (χ1v) is 19.2. The van der Waals surface area contributed by atoms with Crippen LogP contribution >= 0.6 is 36.2 Å². The number of thioether (sulfide) groups is 2. The Morgan fingerprint density at radius 1 is 0.960 bits per heavy atom. The summed E-state index contributed by atoms with van der Waals surface area (Å²) in [6, 6.07) is 18.8. The Hall–Kier alpha value is -3.94. The predicted molar refractivity (Wildman–Crippen MR) is 200 cm³/mol. The molecule has 1 heterocycles. The molecule has 10 nitrogen and oxygen atoms in total. The van der Waals surface area contributed by atoms with Gasteiger partial charge in [0.25, 0.3) is 5.91 Å². The fourth-order valence-corrected chi connectivity index (χ4v) is 7.64. The normalized spacial score (nSPS) is 15.0. The molecule has 50 heavy (non-hydrogen) atoms. The maximum Gasteiger partial charge on any atom is 0.327 e. The number of para-hydroxylation sites is 1. The van der Waals surface area contributed by atoms with Crippen LogP contribution in [0.2, 0.25) is 0 Å². The van der Waals surface area contributed by atoms with Gasteiger partial charge < -0.3 is 20.5 Å². The van der Waals surface area contributed by atoms with E-state index >= 15 is 0 Å². The largest absolute Gasteiger partial charge is 0.483 e. The summed E-state index contributed by atoms with van der Waals surface area (Å²) in [6.07, 6.45) is 5.89. The van der Waals surface area contributed by atoms with Crippen molar-refractivity contribution >= 4 is 76.3 Å². The summed E-state index contributed by atoms with van der Waals surface area (Å²) in [6.45, 7) is 3.61. The Labute approximate surface area is 306 Å². The molecule has 3 aromatic carbocycles. The van der Waals surface area contributed by atoms with Gasteiger partial charge in [-0.1, -0.05) is 88.1 Å². The van der Waals surface area contributed by atoms with E-state index in [2.05, 4.69) is 23.3 Å². The van der Waals surface area contributed by atoms with E-state index in [0.717, 1.165) is 37.4 Å². The van der Waals surface area contributed by atoms with E-state index in [1.165, 1.54) is 11.8 Å². The van der Waals surface area contributed by atoms with Gasteiger partial charge >= 0.3 is 5.97 Å². The van der Waals surface area contributed by atoms with Gasteiger partial charge in [0.1, 0.15) is 23.2 Å². The van der Waals surface area contributed by atoms with Crippen LogP contribution in [0.5, 0.6) is 5.75 Å². The number of fused-ring (bicyclic) bond motifs is 1. The van der Waals surface area contributed by atoms with Gasteiger partial charge in [-0.15, -0.1) is 11.8 Å². The number of benzene rings is 3. The molecule has 1 aliphatic rings. The molecule has 3 aromatic rings. The topological polar surface area (TPSA) is 142 Å². The molecule has 13 heteroatoms. The standard InChI is InChI=1S/C37H43N3O7S3/c1-4-6-18-37(19-7-5-2)35(45)40(25-16-12-9-13-17-25)27-20-30(49-3)28(21-29(27)50-36(37)46)47-22-31(41)39-32(24-14-10-8-11-15-24)33(42)38-26(23-48)34(43)44/h8-17,20-21,26,32,48H,4-7,18-19,22-23H2,1-3H3,(H,38,42)(H,39,41)(H,43,44)/t26-,32-/m1/s1. The van der Waals surface area contributed by atoms with Crippen molar-refractivity contribution in [1.82, 2.24) is 10.6 Å². The highest BCUT2D eigenvalue weighted by molar-refractivity contribution is 8.14. The molecule has 0 saturated carbocycles. The van der Waals surface area contributed by atoms with Crippen molar-refractivity contribution in [2.24, 2.45) is 5.41 Å². The molecule has 0 spiro atoms. The lowest BCUT2D eigenvalue weighted by molar-refractivity contribution is -0.141. The molecule has 0 bridgehead atoms. The first-order valence-electron chi connectivity index (χ1n) is 16.5. The zero-order chi connectivity index (χ0) is 36.3. The van der Waals surface area contributed by atoms with Gasteiger partial charge in [-0.3, -0.25) is 24.1 Å². The predicted octanol–water partition coefficient (Wildman–Crippen LogP) is 6.81. The van der Waals surface area contributed by atoms with E-state index in [4.69, 9.17) is 4.74 Å². The van der Waals surface area contributed by atoms with Crippen LogP contribution in [0.1, 0.15) is 64.0 Å². The highest BCUT2D eigenvalue weighted by atomic mass is 32.2. The summed E-state index contributed by atoms with van der Waals surface area (Å²) < 4.78 is 6.04. The highest BCUT2D eigenvalue weighted by Gasteiger charge is 2.50. The Morgan fingerprint density at radius 3 is 2.14 bits per heavy atom. The molecule has 0 unspecified atom stereocenters. The zero-order valence-electron chi connectivity index (χ0n) is 28.3. The van der Waals surface area contributed by atoms with Gasteiger partial charge in [0.05, 0.1) is 10.6 Å². The summed E-state index contributed by atoms with van der Waals surface area (Å²) in [5.74, 6) is -2.63. The molecule has 1 aliphatic heterocycles. The fraction of sp³-hybridized carbons (Fsp3) is 0.378. The minimum atomic E-state index is -1.25. The third-order valence-corrected chi connectivity index (χ3v) is 10.7. The van der Waals surface area contributed by atoms with E-state index in [9.17, 15) is 29.1 Å². The van der Waals surface area contributed by atoms with E-state index < -0.39 is 41.9 Å². The number of hydrogen-bond acceptors (Lipinski definition) is 9. The fourth-order valence-electron chi connectivity index (χ4n) is 5.73. The number of aliphatic carboxylic acids is 1. The molecule has 0 aliphatic carbocycles. The van der Waals surface area contributed by atoms with Crippen LogP contribution in [0.15, 0.2) is 82.6 Å². The molecule has 3 amide bonds. The number of nitrogens with one attached hydrogen (secondary N) is 2. The Kier molecular flexibility index (Phi) is 14.3. The first-order chi connectivity index (χ1) is 24.1. The van der Waals surface area contributed by atoms with Crippen molar-refractivity contribution in [3.05, 3.63) is 78.4 Å². The van der Waals surface area contributed by atoms with Gasteiger partial charge in [-0.05, 0) is 60.7 Å². The number of ether oxygens (including phenoxy) is 1. The van der Waals surface area contributed by atoms with Gasteiger partial charge in [0, 0.05) is 16.3 Å². The summed E-state index contributed by atoms with van der Waals surface area (Å²) in [7, 11) is 0. The third kappa shape index (κ3) is 9.04. The molecule has 3 N–H and O–H groups in total. The number of thiol groups is 1. The monoisotopic (exact) mass is 737 g/mol. The lowest BCUT2D eigenvalue weighted by Gasteiger charge is -2.34. The van der Waals surface area contributed by atoms with Gasteiger partial charge in [0.2, 0.25) is 16.9 Å². The molecule has 0 saturated heterocycles. The number of carboxylic acids is 1. The Balaban J connectivity index is 1.67. The second-order valence-corrected chi connectivity index (χ2v) is 14.1. The summed E-state index contributed by atoms with van der Waals surface area (Å²) in [4.78, 5) is 69.7. The first kappa shape index (κ1) is 38.9. The summed E-state index contributed by atoms with van der Waals surface area (Å²) in [5, 5.41) is 14.3. The molecular formula is C37H43N3O7S3. The number of carbonyl (C=O) groups is 5. The van der Waals surface area contributed by atoms with Crippen LogP contribution in [0, 0.1) is 5.41 Å². The highest BCUT2D eigenvalue weighted by Crippen LogP contribution is 2.51. The van der Waals surface area contributed by atoms with Crippen LogP contribution in [0.3, 0.4) is 0 Å². The van der Waals surface area contributed by atoms with Crippen LogP contribution in [-0.4, -0.2) is 58.6 Å². The van der Waals surface area contributed by atoms with Crippen molar-refractivity contribution in [2.75, 3.05) is 23.5 Å². The van der Waals surface area contributed by atoms with Crippen LogP contribution in [-0.2, 0) is 24.0 Å². The number of unbranched alkanes of at least 4 members (excludes halogenated alkanes) is 2. The Morgan fingerprint density at radius 2 is 1.58 bits per heavy atom. The van der Waals surface area contributed by atoms with Crippen molar-refractivity contribution in [2.45, 2.75) is 74.2 Å². The van der Waals surface area contributed by atoms with E-state index in [-0.39, 0.29) is 16.8 Å². The average Bonchev–Trinajstić information content (AvgIpc) is 3.21. The van der Waals surface area contributed by atoms with E-state index in [1.54, 1.807) is 41.3 Å². The Bertz CT molecular complexity index is 1670. The van der Waals surface area contributed by atoms with Crippen molar-refractivity contribution in [3.63, 3.8) is 0 Å². The molecule has 4 rings (SSSR count). The lowest BCUT2D eigenvalue weighted by atomic mass is 9.77. The lowest BCUT2D eigenvalue weighted by Crippen LogP contribution is -2.48. The minimum Gasteiger partial charge on any atom is -0.483 e. The maximum absolute atomic E-state index is 14.7. The summed E-state index contributed by atoms with van der Waals surface area (Å²) in [5.41, 5.74) is 0.464. The van der Waals surface area contributed by atoms with E-state index in [1.807, 2.05) is 56.5 Å². The quantitative estimate of drug-likeness (QED) is 0.0668. The molecular weight excluding hydrogens is 695 g/mol. The molecule has 266 valence electrons. The number of amides is 3. The number of carboxylic acid groups (broad SMARTS) is 1. The van der Waals surface area contributed by atoms with Crippen LogP contribution < -0.4 is 20.3 Å². The van der Waals surface area contributed by atoms with Crippen molar-refractivity contribution in [3.8, 4) is 5.75 Å². The number of carbonyl (C=O) groups excluding carboxylic acids is 4. The van der Waals surface area contributed by atoms with Gasteiger partial charge in [-0.25, -0.2) is 4.79 Å². The molecule has 0 fully saturated rings. The molecule has 0 radical (unpaired) electrons. The molecule has 2 atom stereocenters. The average molecular weight is 738 g/mol. The zero-order valence-corrected chi connectivity index (χ0v) is 30.9. The third-order valence-electron chi connectivity index (χ3n) is 8.48. The summed E-state index contributed by atoms with van der Waals surface area (Å²) >= 11 is 6.42. The SMILES string of the molecule is CCCCC1(CCCC)C(=O)Sc2cc(OCC(=O)N[C@@H](C(=O)N[C@H](CS)C(=O)O)c3ccccc3)c(SC)cc2N(c2ccccc2)C1=O. The van der Waals surface area contributed by atoms with Crippen LogP contribution in [0.25, 0.3) is 0 Å². The second kappa shape index (κ2) is 18.3. The number of anilines is 2. The van der Waals surface area contributed by atoms with Gasteiger partial charge in [-0.2, -0.15) is 12.6 Å².